The molecule has 1 N–H and O–H groups in total. The minimum absolute atomic E-state index is 0.0316. The molecule has 23 heavy (non-hydrogen) atoms. The van der Waals surface area contributed by atoms with Gasteiger partial charge in [-0.3, -0.25) is 4.79 Å². The van der Waals surface area contributed by atoms with Crippen LogP contribution in [0.15, 0.2) is 18.2 Å². The molecule has 1 fully saturated rings. The summed E-state index contributed by atoms with van der Waals surface area (Å²) in [5.41, 5.74) is 1.68. The van der Waals surface area contributed by atoms with Crippen LogP contribution in [-0.4, -0.2) is 44.2 Å². The smallest absolute Gasteiger partial charge is 0.251 e. The molecule has 0 aliphatic carbocycles. The molecule has 1 aliphatic heterocycles. The van der Waals surface area contributed by atoms with Gasteiger partial charge in [0.25, 0.3) is 5.91 Å². The quantitative estimate of drug-likeness (QED) is 0.826. The standard InChI is InChI=1S/C17H23N3O2S/c1-22-11-5-8-18-16(21)13-6-7-14-15(12-13)23-17(19-14)20-9-3-2-4-10-20/h6-7,12H,2-5,8-11H2,1H3,(H,18,21). The van der Waals surface area contributed by atoms with Crippen LogP contribution in [0.1, 0.15) is 36.0 Å². The van der Waals surface area contributed by atoms with Crippen molar-refractivity contribution in [1.29, 1.82) is 0 Å². The fourth-order valence-corrected chi connectivity index (χ4v) is 3.85. The van der Waals surface area contributed by atoms with Crippen molar-refractivity contribution in [3.63, 3.8) is 0 Å². The molecule has 0 radical (unpaired) electrons. The molecular weight excluding hydrogens is 310 g/mol. The lowest BCUT2D eigenvalue weighted by atomic mass is 10.1. The number of methoxy groups -OCH3 is 1. The number of fused-ring (bicyclic) bond motifs is 1. The SMILES string of the molecule is COCCCNC(=O)c1ccc2nc(N3CCCCC3)sc2c1. The zero-order valence-electron chi connectivity index (χ0n) is 13.5. The maximum absolute atomic E-state index is 12.2. The Hall–Kier alpha value is -1.66. The third-order valence-electron chi connectivity index (χ3n) is 4.08. The summed E-state index contributed by atoms with van der Waals surface area (Å²) in [5.74, 6) is -0.0316. The monoisotopic (exact) mass is 333 g/mol. The van der Waals surface area contributed by atoms with Gasteiger partial charge in [-0.2, -0.15) is 0 Å². The Labute approximate surface area is 140 Å². The number of carbonyl (C=O) groups is 1. The van der Waals surface area contributed by atoms with Gasteiger partial charge >= 0.3 is 0 Å². The maximum Gasteiger partial charge on any atom is 0.251 e. The molecule has 2 aromatic rings. The molecule has 0 atom stereocenters. The summed E-state index contributed by atoms with van der Waals surface area (Å²) in [6.07, 6.45) is 4.62. The maximum atomic E-state index is 12.2. The Morgan fingerprint density at radius 3 is 2.96 bits per heavy atom. The van der Waals surface area contributed by atoms with Crippen molar-refractivity contribution >= 4 is 32.6 Å². The van der Waals surface area contributed by atoms with E-state index < -0.39 is 0 Å². The largest absolute Gasteiger partial charge is 0.385 e. The lowest BCUT2D eigenvalue weighted by Crippen LogP contribution is -2.29. The van der Waals surface area contributed by atoms with Gasteiger partial charge in [-0.25, -0.2) is 4.98 Å². The number of amides is 1. The first kappa shape index (κ1) is 16.2. The van der Waals surface area contributed by atoms with Crippen molar-refractivity contribution in [3.8, 4) is 0 Å². The lowest BCUT2D eigenvalue weighted by molar-refractivity contribution is 0.0949. The fraction of sp³-hybridized carbons (Fsp3) is 0.529. The number of aromatic nitrogens is 1. The van der Waals surface area contributed by atoms with Crippen LogP contribution in [0.3, 0.4) is 0 Å². The Morgan fingerprint density at radius 2 is 2.17 bits per heavy atom. The van der Waals surface area contributed by atoms with Gasteiger partial charge in [-0.15, -0.1) is 0 Å². The number of nitrogens with zero attached hydrogens (tertiary/aromatic N) is 2. The van der Waals surface area contributed by atoms with Crippen LogP contribution in [0.4, 0.5) is 5.13 Å². The molecule has 1 aromatic heterocycles. The molecule has 0 saturated carbocycles. The minimum Gasteiger partial charge on any atom is -0.385 e. The summed E-state index contributed by atoms with van der Waals surface area (Å²) in [6, 6.07) is 5.75. The summed E-state index contributed by atoms with van der Waals surface area (Å²) in [5, 5.41) is 4.00. The second-order valence-corrected chi connectivity index (χ2v) is 6.84. The molecule has 0 unspecified atom stereocenters. The number of rotatable bonds is 6. The first-order valence-electron chi connectivity index (χ1n) is 8.20. The van der Waals surface area contributed by atoms with Crippen LogP contribution < -0.4 is 10.2 Å². The summed E-state index contributed by atoms with van der Waals surface area (Å²) in [7, 11) is 1.67. The molecule has 1 aliphatic rings. The van der Waals surface area contributed by atoms with E-state index in [2.05, 4.69) is 10.2 Å². The van der Waals surface area contributed by atoms with Crippen LogP contribution in [0.2, 0.25) is 0 Å². The molecule has 6 heteroatoms. The Balaban J connectivity index is 1.69. The van der Waals surface area contributed by atoms with Crippen molar-refractivity contribution in [2.75, 3.05) is 38.3 Å². The van der Waals surface area contributed by atoms with Crippen molar-refractivity contribution < 1.29 is 9.53 Å². The fourth-order valence-electron chi connectivity index (χ4n) is 2.79. The summed E-state index contributed by atoms with van der Waals surface area (Å²) >= 11 is 1.68. The highest BCUT2D eigenvalue weighted by molar-refractivity contribution is 7.22. The summed E-state index contributed by atoms with van der Waals surface area (Å²) in [4.78, 5) is 19.3. The summed E-state index contributed by atoms with van der Waals surface area (Å²) in [6.45, 7) is 3.47. The molecule has 1 saturated heterocycles. The number of nitrogens with one attached hydrogen (secondary N) is 1. The average Bonchev–Trinajstić information content (AvgIpc) is 3.02. The van der Waals surface area contributed by atoms with Gasteiger partial charge in [0.2, 0.25) is 0 Å². The van der Waals surface area contributed by atoms with Crippen LogP contribution >= 0.6 is 11.3 Å². The predicted molar refractivity (Wildman–Crippen MR) is 94.5 cm³/mol. The van der Waals surface area contributed by atoms with E-state index >= 15 is 0 Å². The first-order valence-corrected chi connectivity index (χ1v) is 9.02. The molecule has 3 rings (SSSR count). The van der Waals surface area contributed by atoms with E-state index in [1.165, 1.54) is 19.3 Å². The number of ether oxygens (including phenoxy) is 1. The molecule has 124 valence electrons. The molecular formula is C17H23N3O2S. The Morgan fingerprint density at radius 1 is 1.35 bits per heavy atom. The van der Waals surface area contributed by atoms with Gasteiger partial charge in [0.15, 0.2) is 5.13 Å². The van der Waals surface area contributed by atoms with Crippen molar-refractivity contribution in [2.24, 2.45) is 0 Å². The molecule has 5 nitrogen and oxygen atoms in total. The zero-order valence-corrected chi connectivity index (χ0v) is 14.3. The Kier molecular flexibility index (Phi) is 5.46. The van der Waals surface area contributed by atoms with Crippen LogP contribution in [0, 0.1) is 0 Å². The molecule has 1 aromatic carbocycles. The lowest BCUT2D eigenvalue weighted by Gasteiger charge is -2.25. The second kappa shape index (κ2) is 7.75. The van der Waals surface area contributed by atoms with Crippen molar-refractivity contribution in [3.05, 3.63) is 23.8 Å². The highest BCUT2D eigenvalue weighted by Crippen LogP contribution is 2.31. The number of thiazole rings is 1. The topological polar surface area (TPSA) is 54.5 Å². The van der Waals surface area contributed by atoms with E-state index in [9.17, 15) is 4.79 Å². The van der Waals surface area contributed by atoms with Gasteiger partial charge in [-0.1, -0.05) is 11.3 Å². The minimum atomic E-state index is -0.0316. The number of anilines is 1. The second-order valence-electron chi connectivity index (χ2n) is 5.83. The number of hydrogen-bond donors (Lipinski definition) is 1. The van der Waals surface area contributed by atoms with E-state index in [1.807, 2.05) is 18.2 Å². The van der Waals surface area contributed by atoms with E-state index in [0.29, 0.717) is 18.7 Å². The van der Waals surface area contributed by atoms with E-state index in [4.69, 9.17) is 9.72 Å². The van der Waals surface area contributed by atoms with Crippen LogP contribution in [-0.2, 0) is 4.74 Å². The van der Waals surface area contributed by atoms with E-state index in [1.54, 1.807) is 18.4 Å². The number of piperidine rings is 1. The number of hydrogen-bond acceptors (Lipinski definition) is 5. The molecule has 2 heterocycles. The molecule has 0 spiro atoms. The highest BCUT2D eigenvalue weighted by Gasteiger charge is 2.16. The van der Waals surface area contributed by atoms with Crippen molar-refractivity contribution in [2.45, 2.75) is 25.7 Å². The average molecular weight is 333 g/mol. The van der Waals surface area contributed by atoms with Gasteiger partial charge in [0.05, 0.1) is 10.2 Å². The van der Waals surface area contributed by atoms with E-state index in [0.717, 1.165) is 34.9 Å². The third-order valence-corrected chi connectivity index (χ3v) is 5.16. The zero-order chi connectivity index (χ0) is 16.1. The third kappa shape index (κ3) is 4.00. The highest BCUT2D eigenvalue weighted by atomic mass is 32.1. The summed E-state index contributed by atoms with van der Waals surface area (Å²) < 4.78 is 6.06. The predicted octanol–water partition coefficient (Wildman–Crippen LogP) is 3.05. The first-order chi connectivity index (χ1) is 11.3. The van der Waals surface area contributed by atoms with Gasteiger partial charge in [0.1, 0.15) is 0 Å². The number of benzene rings is 1. The van der Waals surface area contributed by atoms with Crippen LogP contribution in [0.5, 0.6) is 0 Å². The van der Waals surface area contributed by atoms with Gasteiger partial charge < -0.3 is 15.0 Å². The van der Waals surface area contributed by atoms with E-state index in [-0.39, 0.29) is 5.91 Å². The normalized spacial score (nSPS) is 15.1. The van der Waals surface area contributed by atoms with Gasteiger partial charge in [-0.05, 0) is 43.9 Å². The number of carbonyl (C=O) groups excluding carboxylic acids is 1. The Bertz CT molecular complexity index is 665. The molecule has 0 bridgehead atoms. The van der Waals surface area contributed by atoms with Gasteiger partial charge in [0, 0.05) is 38.9 Å². The molecule has 1 amide bonds. The van der Waals surface area contributed by atoms with Crippen LogP contribution in [0.25, 0.3) is 10.2 Å². The van der Waals surface area contributed by atoms with Crippen molar-refractivity contribution in [1.82, 2.24) is 10.3 Å².